The van der Waals surface area contributed by atoms with Crippen molar-refractivity contribution in [3.63, 3.8) is 0 Å². The van der Waals surface area contributed by atoms with Gasteiger partial charge in [-0.25, -0.2) is 13.2 Å². The predicted octanol–water partition coefficient (Wildman–Crippen LogP) is 5.86. The number of carbonyl (C=O) groups excluding carboxylic acids is 1. The van der Waals surface area contributed by atoms with Crippen LogP contribution in [0.3, 0.4) is 0 Å². The van der Waals surface area contributed by atoms with Crippen molar-refractivity contribution < 1.29 is 22.5 Å². The van der Waals surface area contributed by atoms with E-state index in [1.165, 1.54) is 16.8 Å². The highest BCUT2D eigenvalue weighted by Crippen LogP contribution is 2.39. The Bertz CT molecular complexity index is 2010. The number of hydrogen-bond donors (Lipinski definition) is 0. The van der Waals surface area contributed by atoms with Crippen molar-refractivity contribution in [2.45, 2.75) is 12.8 Å². The van der Waals surface area contributed by atoms with E-state index < -0.39 is 21.8 Å². The number of ether oxygens (including phenoxy) is 1. The van der Waals surface area contributed by atoms with Crippen molar-refractivity contribution in [1.82, 2.24) is 4.57 Å². The van der Waals surface area contributed by atoms with Gasteiger partial charge in [0.1, 0.15) is 11.6 Å². The van der Waals surface area contributed by atoms with Gasteiger partial charge in [0.15, 0.2) is 0 Å². The Morgan fingerprint density at radius 3 is 2.48 bits per heavy atom. The second-order valence-electron chi connectivity index (χ2n) is 10.1. The zero-order valence-electron chi connectivity index (χ0n) is 22.6. The summed E-state index contributed by atoms with van der Waals surface area (Å²) in [6.07, 6.45) is 2.14. The summed E-state index contributed by atoms with van der Waals surface area (Å²) in [5.41, 5.74) is 7.14. The van der Waals surface area contributed by atoms with Crippen molar-refractivity contribution in [3.8, 4) is 11.8 Å². The molecule has 0 aliphatic carbocycles. The summed E-state index contributed by atoms with van der Waals surface area (Å²) in [5.74, 6) is -1.49. The quantitative estimate of drug-likeness (QED) is 0.0747. The number of benzene rings is 4. The van der Waals surface area contributed by atoms with Gasteiger partial charge in [0, 0.05) is 40.1 Å². The molecule has 42 heavy (non-hydrogen) atoms. The number of rotatable bonds is 8. The molecule has 4 aromatic carbocycles. The molecule has 0 amide bonds. The normalized spacial score (nSPS) is 13.3. The maximum atomic E-state index is 12.3. The van der Waals surface area contributed by atoms with Crippen molar-refractivity contribution in [2.75, 3.05) is 23.8 Å². The Balaban J connectivity index is 1.27. The summed E-state index contributed by atoms with van der Waals surface area (Å²) in [5, 5.41) is 11.8. The molecular formula is C33H26N3O5S-. The molecule has 210 valence electrons. The number of aromatic nitrogens is 1. The van der Waals surface area contributed by atoms with E-state index in [-0.39, 0.29) is 18.6 Å². The molecule has 0 unspecified atom stereocenters. The van der Waals surface area contributed by atoms with Crippen molar-refractivity contribution >= 4 is 55.3 Å². The molecule has 0 fully saturated rings. The molecule has 0 radical (unpaired) electrons. The van der Waals surface area contributed by atoms with Crippen LogP contribution in [0.4, 0.5) is 11.4 Å². The lowest BCUT2D eigenvalue weighted by atomic mass is 10.1. The van der Waals surface area contributed by atoms with Crippen LogP contribution in [-0.2, 0) is 26.1 Å². The summed E-state index contributed by atoms with van der Waals surface area (Å²) >= 11 is 0. The highest BCUT2D eigenvalue weighted by atomic mass is 32.2. The number of hydrogen-bond acceptors (Lipinski definition) is 7. The lowest BCUT2D eigenvalue weighted by molar-refractivity contribution is -0.138. The van der Waals surface area contributed by atoms with Crippen LogP contribution in [0.1, 0.15) is 17.5 Å². The van der Waals surface area contributed by atoms with Gasteiger partial charge in [-0.2, -0.15) is 5.26 Å². The SMILES string of the molecule is N#C/C(=C\c1ccc2c(c1)CCN2c1ccc2c(c1)c1ccccc1n2-c1ccccc1)C(=O)OCCCS(=O)(=O)[O-]. The van der Waals surface area contributed by atoms with E-state index in [1.807, 2.05) is 42.5 Å². The molecule has 0 spiro atoms. The van der Waals surface area contributed by atoms with Gasteiger partial charge in [-0.3, -0.25) is 0 Å². The largest absolute Gasteiger partial charge is 0.748 e. The van der Waals surface area contributed by atoms with E-state index in [0.29, 0.717) is 5.56 Å². The number of nitrogens with zero attached hydrogens (tertiary/aromatic N) is 3. The number of fused-ring (bicyclic) bond motifs is 4. The Hall–Kier alpha value is -4.91. The third kappa shape index (κ3) is 5.38. The maximum Gasteiger partial charge on any atom is 0.348 e. The van der Waals surface area contributed by atoms with E-state index in [4.69, 9.17) is 4.74 Å². The van der Waals surface area contributed by atoms with Gasteiger partial charge in [0.05, 0.1) is 27.8 Å². The van der Waals surface area contributed by atoms with Crippen LogP contribution in [0.2, 0.25) is 0 Å². The molecule has 0 N–H and O–H groups in total. The summed E-state index contributed by atoms with van der Waals surface area (Å²) in [4.78, 5) is 14.6. The van der Waals surface area contributed by atoms with Gasteiger partial charge in [-0.1, -0.05) is 42.5 Å². The zero-order chi connectivity index (χ0) is 29.3. The fraction of sp³-hybridized carbons (Fsp3) is 0.152. The number of nitriles is 1. The number of carbonyl (C=O) groups is 1. The Labute approximate surface area is 243 Å². The molecule has 1 aromatic heterocycles. The fourth-order valence-electron chi connectivity index (χ4n) is 5.55. The third-order valence-electron chi connectivity index (χ3n) is 7.40. The van der Waals surface area contributed by atoms with Crippen LogP contribution >= 0.6 is 0 Å². The minimum absolute atomic E-state index is 0.122. The molecular weight excluding hydrogens is 550 g/mol. The lowest BCUT2D eigenvalue weighted by Gasteiger charge is -2.20. The Kier molecular flexibility index (Phi) is 7.25. The second-order valence-corrected chi connectivity index (χ2v) is 11.6. The number of anilines is 2. The molecule has 0 atom stereocenters. The van der Waals surface area contributed by atoms with E-state index in [9.17, 15) is 23.0 Å². The predicted molar refractivity (Wildman–Crippen MR) is 162 cm³/mol. The summed E-state index contributed by atoms with van der Waals surface area (Å²) in [7, 11) is -4.38. The van der Waals surface area contributed by atoms with Crippen molar-refractivity contribution in [1.29, 1.82) is 5.26 Å². The molecule has 8 nitrogen and oxygen atoms in total. The third-order valence-corrected chi connectivity index (χ3v) is 8.19. The lowest BCUT2D eigenvalue weighted by Crippen LogP contribution is -2.13. The van der Waals surface area contributed by atoms with E-state index in [1.54, 1.807) is 0 Å². The molecule has 6 rings (SSSR count). The standard InChI is InChI=1S/C33H27N3O5S/c34-22-25(33(37)41-17-6-18-42(38,39)40)20-23-11-13-30-24(19-23)15-16-35(30)27-12-14-32-29(21-27)28-9-4-5-10-31(28)36(32)26-7-2-1-3-8-26/h1-5,7-14,19-21H,6,15-18H2,(H,38,39,40)/p-1/b25-20+. The van der Waals surface area contributed by atoms with Crippen LogP contribution in [0.5, 0.6) is 0 Å². The highest BCUT2D eigenvalue weighted by Gasteiger charge is 2.22. The molecule has 2 heterocycles. The minimum atomic E-state index is -4.38. The van der Waals surface area contributed by atoms with Gasteiger partial charge in [0.2, 0.25) is 0 Å². The van der Waals surface area contributed by atoms with E-state index >= 15 is 0 Å². The molecule has 0 bridgehead atoms. The molecule has 1 aliphatic heterocycles. The smallest absolute Gasteiger partial charge is 0.348 e. The summed E-state index contributed by atoms with van der Waals surface area (Å²) in [6, 6.07) is 33.0. The molecule has 1 aliphatic rings. The van der Waals surface area contributed by atoms with E-state index in [2.05, 4.69) is 64.1 Å². The van der Waals surface area contributed by atoms with Gasteiger partial charge in [-0.15, -0.1) is 0 Å². The molecule has 9 heteroatoms. The van der Waals surface area contributed by atoms with Crippen LogP contribution in [0.25, 0.3) is 33.6 Å². The molecule has 0 saturated carbocycles. The fourth-order valence-corrected chi connectivity index (χ4v) is 6.02. The van der Waals surface area contributed by atoms with Crippen molar-refractivity contribution in [2.24, 2.45) is 0 Å². The van der Waals surface area contributed by atoms with E-state index in [0.717, 1.165) is 46.6 Å². The maximum absolute atomic E-state index is 12.3. The Morgan fingerprint density at radius 1 is 0.929 bits per heavy atom. The molecule has 5 aromatic rings. The highest BCUT2D eigenvalue weighted by molar-refractivity contribution is 7.85. The van der Waals surface area contributed by atoms with Gasteiger partial charge in [0.25, 0.3) is 0 Å². The Morgan fingerprint density at radius 2 is 1.69 bits per heavy atom. The first-order valence-electron chi connectivity index (χ1n) is 13.5. The van der Waals surface area contributed by atoms with Crippen LogP contribution in [0.15, 0.2) is 96.6 Å². The average molecular weight is 577 g/mol. The topological polar surface area (TPSA) is 115 Å². The second kappa shape index (κ2) is 11.2. The van der Waals surface area contributed by atoms with Crippen LogP contribution in [-0.4, -0.2) is 42.4 Å². The zero-order valence-corrected chi connectivity index (χ0v) is 23.4. The van der Waals surface area contributed by atoms with Gasteiger partial charge in [-0.05, 0) is 78.6 Å². The number of para-hydroxylation sites is 2. The molecule has 0 saturated heterocycles. The van der Waals surface area contributed by atoms with Crippen molar-refractivity contribution in [3.05, 3.63) is 108 Å². The van der Waals surface area contributed by atoms with Gasteiger partial charge < -0.3 is 18.8 Å². The van der Waals surface area contributed by atoms with Gasteiger partial charge >= 0.3 is 5.97 Å². The first kappa shape index (κ1) is 27.3. The first-order chi connectivity index (χ1) is 20.3. The number of esters is 1. The average Bonchev–Trinajstić information content (AvgIpc) is 3.56. The minimum Gasteiger partial charge on any atom is -0.748 e. The van der Waals surface area contributed by atoms with Crippen LogP contribution in [0, 0.1) is 11.3 Å². The first-order valence-corrected chi connectivity index (χ1v) is 15.1. The summed E-state index contributed by atoms with van der Waals surface area (Å²) in [6.45, 7) is 0.536. The monoisotopic (exact) mass is 576 g/mol. The van der Waals surface area contributed by atoms with Crippen LogP contribution < -0.4 is 4.90 Å². The summed E-state index contributed by atoms with van der Waals surface area (Å²) < 4.78 is 39.4.